The average molecular weight is 213 g/mol. The molecule has 0 bridgehead atoms. The second kappa shape index (κ2) is 2.79. The number of aliphatic hydroxyl groups excluding tert-OH is 1. The normalized spacial score (nSPS) is 34.1. The highest BCUT2D eigenvalue weighted by molar-refractivity contribution is 5.25. The molecule has 6 heteroatoms. The van der Waals surface area contributed by atoms with Gasteiger partial charge in [0.2, 0.25) is 0 Å². The Balaban J connectivity index is 2.45. The van der Waals surface area contributed by atoms with Gasteiger partial charge in [0.1, 0.15) is 5.82 Å². The minimum absolute atomic E-state index is 0.0613. The molecule has 2 rings (SSSR count). The predicted octanol–water partition coefficient (Wildman–Crippen LogP) is -0.150. The van der Waals surface area contributed by atoms with E-state index in [4.69, 9.17) is 10.8 Å². The van der Waals surface area contributed by atoms with Gasteiger partial charge in [0.05, 0.1) is 6.61 Å². The summed E-state index contributed by atoms with van der Waals surface area (Å²) >= 11 is 0. The lowest BCUT2D eigenvalue weighted by molar-refractivity contribution is 0.0945. The van der Waals surface area contributed by atoms with Crippen LogP contribution < -0.4 is 11.4 Å². The largest absolute Gasteiger partial charge is 0.396 e. The SMILES string of the molecule is C[C@]1(CO)C[C@]1(F)n1ccc(N)nc1=O. The van der Waals surface area contributed by atoms with Gasteiger partial charge in [-0.05, 0) is 6.07 Å². The molecule has 1 aromatic rings. The highest BCUT2D eigenvalue weighted by Gasteiger charge is 2.68. The lowest BCUT2D eigenvalue weighted by Crippen LogP contribution is -2.33. The number of alkyl halides is 1. The van der Waals surface area contributed by atoms with E-state index in [0.717, 1.165) is 4.57 Å². The number of rotatable bonds is 2. The molecule has 0 saturated heterocycles. The average Bonchev–Trinajstić information content (AvgIpc) is 2.71. The number of aromatic nitrogens is 2. The van der Waals surface area contributed by atoms with Gasteiger partial charge >= 0.3 is 5.69 Å². The number of nitrogen functional groups attached to an aromatic ring is 1. The maximum atomic E-state index is 14.2. The van der Waals surface area contributed by atoms with Gasteiger partial charge in [-0.25, -0.2) is 9.18 Å². The van der Waals surface area contributed by atoms with Crippen molar-refractivity contribution < 1.29 is 9.50 Å². The van der Waals surface area contributed by atoms with E-state index in [1.54, 1.807) is 6.92 Å². The molecule has 82 valence electrons. The van der Waals surface area contributed by atoms with Crippen LogP contribution in [0, 0.1) is 5.41 Å². The number of aliphatic hydroxyl groups is 1. The zero-order chi connectivity index (χ0) is 11.3. The van der Waals surface area contributed by atoms with Crippen molar-refractivity contribution in [2.45, 2.75) is 19.1 Å². The molecule has 0 amide bonds. The van der Waals surface area contributed by atoms with Crippen LogP contribution in [0.4, 0.5) is 10.2 Å². The van der Waals surface area contributed by atoms with Crippen LogP contribution in [0.5, 0.6) is 0 Å². The Morgan fingerprint density at radius 3 is 2.93 bits per heavy atom. The summed E-state index contributed by atoms with van der Waals surface area (Å²) < 4.78 is 15.1. The number of hydrogen-bond acceptors (Lipinski definition) is 4. The second-order valence-corrected chi connectivity index (χ2v) is 4.16. The fraction of sp³-hybridized carbons (Fsp3) is 0.556. The summed E-state index contributed by atoms with van der Waals surface area (Å²) in [5.74, 6) is -1.77. The van der Waals surface area contributed by atoms with E-state index in [2.05, 4.69) is 4.98 Å². The first kappa shape index (κ1) is 10.1. The molecule has 5 nitrogen and oxygen atoms in total. The zero-order valence-electron chi connectivity index (χ0n) is 8.27. The quantitative estimate of drug-likeness (QED) is 0.715. The highest BCUT2D eigenvalue weighted by atomic mass is 19.1. The van der Waals surface area contributed by atoms with E-state index in [-0.39, 0.29) is 18.8 Å². The third kappa shape index (κ3) is 1.25. The summed E-state index contributed by atoms with van der Waals surface area (Å²) in [5.41, 5.74) is 3.67. The van der Waals surface area contributed by atoms with E-state index in [0.29, 0.717) is 0 Å². The molecule has 15 heavy (non-hydrogen) atoms. The Morgan fingerprint density at radius 1 is 1.80 bits per heavy atom. The molecule has 0 spiro atoms. The van der Waals surface area contributed by atoms with Crippen LogP contribution in [-0.2, 0) is 5.79 Å². The summed E-state index contributed by atoms with van der Waals surface area (Å²) in [5, 5.41) is 9.01. The molecule has 0 aliphatic heterocycles. The van der Waals surface area contributed by atoms with Crippen molar-refractivity contribution >= 4 is 5.82 Å². The first-order valence-electron chi connectivity index (χ1n) is 4.58. The third-order valence-corrected chi connectivity index (χ3v) is 2.98. The van der Waals surface area contributed by atoms with Gasteiger partial charge in [0.25, 0.3) is 0 Å². The maximum absolute atomic E-state index is 14.2. The zero-order valence-corrected chi connectivity index (χ0v) is 8.27. The first-order chi connectivity index (χ1) is 6.93. The van der Waals surface area contributed by atoms with Crippen molar-refractivity contribution in [3.63, 3.8) is 0 Å². The molecule has 1 saturated carbocycles. The minimum Gasteiger partial charge on any atom is -0.396 e. The molecular formula is C9H12FN3O2. The van der Waals surface area contributed by atoms with Gasteiger partial charge < -0.3 is 10.8 Å². The highest BCUT2D eigenvalue weighted by Crippen LogP contribution is 2.61. The van der Waals surface area contributed by atoms with E-state index in [1.165, 1.54) is 12.3 Å². The van der Waals surface area contributed by atoms with Crippen LogP contribution in [0.15, 0.2) is 17.1 Å². The van der Waals surface area contributed by atoms with Crippen molar-refractivity contribution in [2.24, 2.45) is 5.41 Å². The Kier molecular flexibility index (Phi) is 1.88. The van der Waals surface area contributed by atoms with E-state index >= 15 is 0 Å². The minimum atomic E-state index is -1.83. The maximum Gasteiger partial charge on any atom is 0.352 e. The molecule has 1 heterocycles. The topological polar surface area (TPSA) is 81.1 Å². The Bertz CT molecular complexity index is 461. The first-order valence-corrected chi connectivity index (χ1v) is 4.58. The summed E-state index contributed by atoms with van der Waals surface area (Å²) in [7, 11) is 0. The fourth-order valence-electron chi connectivity index (χ4n) is 1.71. The Labute approximate surface area is 85.4 Å². The smallest absolute Gasteiger partial charge is 0.352 e. The van der Waals surface area contributed by atoms with Crippen LogP contribution in [0.1, 0.15) is 13.3 Å². The molecule has 3 N–H and O–H groups in total. The second-order valence-electron chi connectivity index (χ2n) is 4.16. The monoisotopic (exact) mass is 213 g/mol. The molecule has 1 aromatic heterocycles. The number of halogens is 1. The Morgan fingerprint density at radius 2 is 2.47 bits per heavy atom. The van der Waals surface area contributed by atoms with Crippen LogP contribution in [0.3, 0.4) is 0 Å². The molecule has 2 atom stereocenters. The number of hydrogen-bond donors (Lipinski definition) is 2. The fourth-order valence-corrected chi connectivity index (χ4v) is 1.71. The number of anilines is 1. The van der Waals surface area contributed by atoms with Crippen LogP contribution >= 0.6 is 0 Å². The van der Waals surface area contributed by atoms with Crippen molar-refractivity contribution in [3.05, 3.63) is 22.7 Å². The molecule has 1 aliphatic carbocycles. The molecule has 0 radical (unpaired) electrons. The van der Waals surface area contributed by atoms with Gasteiger partial charge in [-0.1, -0.05) is 6.92 Å². The van der Waals surface area contributed by atoms with Crippen molar-refractivity contribution in [1.29, 1.82) is 0 Å². The summed E-state index contributed by atoms with van der Waals surface area (Å²) in [4.78, 5) is 14.8. The van der Waals surface area contributed by atoms with E-state index in [9.17, 15) is 9.18 Å². The predicted molar refractivity (Wildman–Crippen MR) is 51.8 cm³/mol. The molecular weight excluding hydrogens is 201 g/mol. The lowest BCUT2D eigenvalue weighted by atomic mass is 10.1. The molecule has 1 fully saturated rings. The number of nitrogens with two attached hydrogens (primary N) is 1. The summed E-state index contributed by atoms with van der Waals surface area (Å²) in [6, 6.07) is 1.36. The van der Waals surface area contributed by atoms with E-state index in [1.807, 2.05) is 0 Å². The van der Waals surface area contributed by atoms with Gasteiger partial charge in [0, 0.05) is 18.0 Å². The van der Waals surface area contributed by atoms with Crippen molar-refractivity contribution in [3.8, 4) is 0 Å². The van der Waals surface area contributed by atoms with Gasteiger partial charge in [0.15, 0.2) is 5.79 Å². The van der Waals surface area contributed by atoms with Crippen molar-refractivity contribution in [1.82, 2.24) is 9.55 Å². The Hall–Kier alpha value is -1.43. The van der Waals surface area contributed by atoms with Gasteiger partial charge in [-0.15, -0.1) is 0 Å². The third-order valence-electron chi connectivity index (χ3n) is 2.98. The molecule has 0 aromatic carbocycles. The van der Waals surface area contributed by atoms with Crippen LogP contribution in [-0.4, -0.2) is 21.3 Å². The standard InChI is InChI=1S/C9H12FN3O2/c1-8(5-14)4-9(8,10)13-3-2-6(11)12-7(13)15/h2-3,14H,4-5H2,1H3,(H2,11,12,15)/t8-,9+/m1/s1. The van der Waals surface area contributed by atoms with Crippen LogP contribution in [0.25, 0.3) is 0 Å². The molecule has 1 aliphatic rings. The van der Waals surface area contributed by atoms with Gasteiger partial charge in [-0.2, -0.15) is 4.98 Å². The van der Waals surface area contributed by atoms with Gasteiger partial charge in [-0.3, -0.25) is 4.57 Å². The summed E-state index contributed by atoms with van der Waals surface area (Å²) in [6.07, 6.45) is 1.38. The van der Waals surface area contributed by atoms with Crippen LogP contribution in [0.2, 0.25) is 0 Å². The summed E-state index contributed by atoms with van der Waals surface area (Å²) in [6.45, 7) is 1.27. The molecule has 0 unspecified atom stereocenters. The van der Waals surface area contributed by atoms with E-state index < -0.39 is 16.9 Å². The van der Waals surface area contributed by atoms with Crippen molar-refractivity contribution in [2.75, 3.05) is 12.3 Å². The lowest BCUT2D eigenvalue weighted by Gasteiger charge is -2.15. The number of nitrogens with zero attached hydrogens (tertiary/aromatic N) is 2.